The highest BCUT2D eigenvalue weighted by Gasteiger charge is 2.27. The number of phenolic OH excluding ortho intramolecular Hbond substituents is 1. The Kier molecular flexibility index (Phi) is 3.85. The third kappa shape index (κ3) is 2.80. The number of rotatable bonds is 1. The second kappa shape index (κ2) is 5.22. The van der Waals surface area contributed by atoms with Crippen molar-refractivity contribution < 1.29 is 9.90 Å². The van der Waals surface area contributed by atoms with Gasteiger partial charge in [0.1, 0.15) is 5.75 Å². The summed E-state index contributed by atoms with van der Waals surface area (Å²) >= 11 is 1.91. The van der Waals surface area contributed by atoms with Gasteiger partial charge in [0.2, 0.25) is 0 Å². The molecule has 0 spiro atoms. The van der Waals surface area contributed by atoms with Crippen molar-refractivity contribution in [3.8, 4) is 5.75 Å². The third-order valence-corrected chi connectivity index (χ3v) is 4.32. The molecule has 3 nitrogen and oxygen atoms in total. The van der Waals surface area contributed by atoms with Crippen molar-refractivity contribution >= 4 is 17.7 Å². The molecule has 2 rings (SSSR count). The molecule has 1 aliphatic rings. The van der Waals surface area contributed by atoms with E-state index in [0.717, 1.165) is 18.7 Å². The standard InChI is InChI=1S/C14H19NO2S/c1-9-4-5-13(16)12(6-9)14(17)15-7-10(2)18-11(3)8-15/h4-6,10-11,16H,7-8H2,1-3H3. The Balaban J connectivity index is 2.22. The first kappa shape index (κ1) is 13.3. The van der Waals surface area contributed by atoms with Crippen molar-refractivity contribution in [3.63, 3.8) is 0 Å². The topological polar surface area (TPSA) is 40.5 Å². The number of hydrogen-bond acceptors (Lipinski definition) is 3. The minimum absolute atomic E-state index is 0.0600. The molecule has 1 fully saturated rings. The Bertz CT molecular complexity index is 451. The lowest BCUT2D eigenvalue weighted by Gasteiger charge is -2.34. The number of phenols is 1. The molecule has 18 heavy (non-hydrogen) atoms. The molecule has 1 aromatic carbocycles. The zero-order valence-corrected chi connectivity index (χ0v) is 11.8. The van der Waals surface area contributed by atoms with E-state index in [0.29, 0.717) is 16.1 Å². The monoisotopic (exact) mass is 265 g/mol. The Morgan fingerprint density at radius 3 is 2.56 bits per heavy atom. The van der Waals surface area contributed by atoms with Gasteiger partial charge in [-0.25, -0.2) is 0 Å². The Morgan fingerprint density at radius 2 is 1.94 bits per heavy atom. The highest BCUT2D eigenvalue weighted by molar-refractivity contribution is 8.00. The molecule has 2 unspecified atom stereocenters. The zero-order valence-electron chi connectivity index (χ0n) is 11.0. The maximum atomic E-state index is 12.4. The fourth-order valence-corrected chi connectivity index (χ4v) is 3.66. The van der Waals surface area contributed by atoms with Crippen LogP contribution in [0.1, 0.15) is 29.8 Å². The summed E-state index contributed by atoms with van der Waals surface area (Å²) in [5.41, 5.74) is 1.41. The van der Waals surface area contributed by atoms with E-state index in [-0.39, 0.29) is 11.7 Å². The lowest BCUT2D eigenvalue weighted by Crippen LogP contribution is -2.44. The van der Waals surface area contributed by atoms with E-state index in [4.69, 9.17) is 0 Å². The van der Waals surface area contributed by atoms with E-state index in [1.807, 2.05) is 29.7 Å². The average molecular weight is 265 g/mol. The van der Waals surface area contributed by atoms with Gasteiger partial charge in [0.05, 0.1) is 5.56 Å². The van der Waals surface area contributed by atoms with Gasteiger partial charge >= 0.3 is 0 Å². The van der Waals surface area contributed by atoms with Gasteiger partial charge in [-0.1, -0.05) is 25.5 Å². The predicted octanol–water partition coefficient (Wildman–Crippen LogP) is 2.67. The average Bonchev–Trinajstić information content (AvgIpc) is 2.30. The first-order valence-electron chi connectivity index (χ1n) is 6.21. The molecule has 0 aromatic heterocycles. The molecule has 1 heterocycles. The number of amides is 1. The second-order valence-electron chi connectivity index (χ2n) is 4.99. The van der Waals surface area contributed by atoms with Crippen molar-refractivity contribution in [3.05, 3.63) is 29.3 Å². The van der Waals surface area contributed by atoms with Crippen LogP contribution in [0.5, 0.6) is 5.75 Å². The van der Waals surface area contributed by atoms with Gasteiger partial charge in [0.25, 0.3) is 5.91 Å². The van der Waals surface area contributed by atoms with Crippen LogP contribution in [-0.2, 0) is 0 Å². The van der Waals surface area contributed by atoms with Crippen LogP contribution in [0, 0.1) is 6.92 Å². The number of benzene rings is 1. The smallest absolute Gasteiger partial charge is 0.257 e. The minimum Gasteiger partial charge on any atom is -0.507 e. The first-order chi connectivity index (χ1) is 8.47. The SMILES string of the molecule is Cc1ccc(O)c(C(=O)N2CC(C)SC(C)C2)c1. The largest absolute Gasteiger partial charge is 0.507 e. The third-order valence-electron chi connectivity index (χ3n) is 3.09. The maximum Gasteiger partial charge on any atom is 0.257 e. The van der Waals surface area contributed by atoms with Gasteiger partial charge in [-0.15, -0.1) is 0 Å². The van der Waals surface area contributed by atoms with Crippen LogP contribution >= 0.6 is 11.8 Å². The van der Waals surface area contributed by atoms with Gasteiger partial charge in [0.15, 0.2) is 0 Å². The highest BCUT2D eigenvalue weighted by atomic mass is 32.2. The van der Waals surface area contributed by atoms with E-state index < -0.39 is 0 Å². The van der Waals surface area contributed by atoms with Crippen molar-refractivity contribution in [1.29, 1.82) is 0 Å². The fraction of sp³-hybridized carbons (Fsp3) is 0.500. The number of nitrogens with zero attached hydrogens (tertiary/aromatic N) is 1. The van der Waals surface area contributed by atoms with Crippen LogP contribution in [0.3, 0.4) is 0 Å². The molecule has 0 radical (unpaired) electrons. The lowest BCUT2D eigenvalue weighted by atomic mass is 10.1. The molecule has 0 aliphatic carbocycles. The van der Waals surface area contributed by atoms with Gasteiger partial charge in [-0.2, -0.15) is 11.8 Å². The van der Waals surface area contributed by atoms with Crippen molar-refractivity contribution in [2.45, 2.75) is 31.3 Å². The number of carbonyl (C=O) groups excluding carboxylic acids is 1. The number of carbonyl (C=O) groups is 1. The van der Waals surface area contributed by atoms with Gasteiger partial charge in [-0.3, -0.25) is 4.79 Å². The molecule has 1 aliphatic heterocycles. The zero-order chi connectivity index (χ0) is 13.3. The molecular formula is C14H19NO2S. The van der Waals surface area contributed by atoms with Gasteiger partial charge in [0, 0.05) is 23.6 Å². The van der Waals surface area contributed by atoms with Crippen molar-refractivity contribution in [1.82, 2.24) is 4.90 Å². The van der Waals surface area contributed by atoms with Crippen LogP contribution in [0.4, 0.5) is 0 Å². The molecule has 1 aromatic rings. The molecule has 1 amide bonds. The first-order valence-corrected chi connectivity index (χ1v) is 7.16. The summed E-state index contributed by atoms with van der Waals surface area (Å²) in [6.07, 6.45) is 0. The van der Waals surface area contributed by atoms with E-state index in [9.17, 15) is 9.90 Å². The molecule has 0 saturated carbocycles. The number of thioether (sulfide) groups is 1. The van der Waals surface area contributed by atoms with Crippen LogP contribution in [0.25, 0.3) is 0 Å². The fourth-order valence-electron chi connectivity index (χ4n) is 2.34. The summed E-state index contributed by atoms with van der Waals surface area (Å²) in [4.78, 5) is 14.3. The molecule has 1 saturated heterocycles. The van der Waals surface area contributed by atoms with Gasteiger partial charge in [-0.05, 0) is 19.1 Å². The van der Waals surface area contributed by atoms with E-state index in [1.165, 1.54) is 0 Å². The summed E-state index contributed by atoms with van der Waals surface area (Å²) in [7, 11) is 0. The van der Waals surface area contributed by atoms with Crippen molar-refractivity contribution in [2.24, 2.45) is 0 Å². The number of hydrogen-bond donors (Lipinski definition) is 1. The van der Waals surface area contributed by atoms with E-state index >= 15 is 0 Å². The molecule has 4 heteroatoms. The maximum absolute atomic E-state index is 12.4. The van der Waals surface area contributed by atoms with Gasteiger partial charge < -0.3 is 10.0 Å². The van der Waals surface area contributed by atoms with Crippen LogP contribution in [0.2, 0.25) is 0 Å². The Hall–Kier alpha value is -1.16. The summed E-state index contributed by atoms with van der Waals surface area (Å²) in [6, 6.07) is 5.16. The summed E-state index contributed by atoms with van der Waals surface area (Å²) in [5, 5.41) is 10.7. The summed E-state index contributed by atoms with van der Waals surface area (Å²) in [6.45, 7) is 7.70. The normalized spacial score (nSPS) is 24.1. The quantitative estimate of drug-likeness (QED) is 0.848. The van der Waals surface area contributed by atoms with Crippen LogP contribution < -0.4 is 0 Å². The number of aryl methyl sites for hydroxylation is 1. The molecule has 2 atom stereocenters. The lowest BCUT2D eigenvalue weighted by molar-refractivity contribution is 0.0750. The van der Waals surface area contributed by atoms with Crippen LogP contribution in [-0.4, -0.2) is 39.5 Å². The molecule has 98 valence electrons. The van der Waals surface area contributed by atoms with Crippen molar-refractivity contribution in [2.75, 3.05) is 13.1 Å². The second-order valence-corrected chi connectivity index (χ2v) is 6.87. The van der Waals surface area contributed by atoms with E-state index in [1.54, 1.807) is 12.1 Å². The Labute approximate surface area is 112 Å². The minimum atomic E-state index is -0.0600. The Morgan fingerprint density at radius 1 is 1.33 bits per heavy atom. The summed E-state index contributed by atoms with van der Waals surface area (Å²) in [5.74, 6) is 0.0133. The highest BCUT2D eigenvalue weighted by Crippen LogP contribution is 2.27. The number of aromatic hydroxyl groups is 1. The molecule has 0 bridgehead atoms. The molecular weight excluding hydrogens is 246 g/mol. The predicted molar refractivity (Wildman–Crippen MR) is 75.3 cm³/mol. The summed E-state index contributed by atoms with van der Waals surface area (Å²) < 4.78 is 0. The van der Waals surface area contributed by atoms with Crippen LogP contribution in [0.15, 0.2) is 18.2 Å². The van der Waals surface area contributed by atoms with E-state index in [2.05, 4.69) is 13.8 Å². The molecule has 1 N–H and O–H groups in total.